The highest BCUT2D eigenvalue weighted by Gasteiger charge is 2.28. The van der Waals surface area contributed by atoms with Crippen LogP contribution < -0.4 is 9.73 Å². The van der Waals surface area contributed by atoms with Crippen LogP contribution in [0.5, 0.6) is 11.5 Å². The van der Waals surface area contributed by atoms with Gasteiger partial charge in [0.2, 0.25) is 0 Å². The molecule has 0 atom stereocenters. The SMILES string of the molecule is C/C(=N/NC(=O)CN(c1ccccc1C)S(=O)(=O)c1ccccc1)c1cc(O)ccc1O. The first kappa shape index (κ1) is 22.8. The molecule has 0 saturated carbocycles. The molecular weight excluding hydrogens is 430 g/mol. The second-order valence-electron chi connectivity index (χ2n) is 7.04. The summed E-state index contributed by atoms with van der Waals surface area (Å²) < 4.78 is 27.7. The van der Waals surface area contributed by atoms with Crippen molar-refractivity contribution < 1.29 is 23.4 Å². The van der Waals surface area contributed by atoms with Crippen molar-refractivity contribution in [3.05, 3.63) is 83.9 Å². The zero-order valence-corrected chi connectivity index (χ0v) is 18.4. The van der Waals surface area contributed by atoms with Crippen LogP contribution in [0, 0.1) is 6.92 Å². The minimum Gasteiger partial charge on any atom is -0.508 e. The molecule has 3 N–H and O–H groups in total. The summed E-state index contributed by atoms with van der Waals surface area (Å²) >= 11 is 0. The first-order valence-corrected chi connectivity index (χ1v) is 11.1. The van der Waals surface area contributed by atoms with Gasteiger partial charge in [0.25, 0.3) is 15.9 Å². The third-order valence-electron chi connectivity index (χ3n) is 4.72. The number of para-hydroxylation sites is 1. The van der Waals surface area contributed by atoms with E-state index in [4.69, 9.17) is 0 Å². The van der Waals surface area contributed by atoms with E-state index in [1.165, 1.54) is 37.3 Å². The highest BCUT2D eigenvalue weighted by molar-refractivity contribution is 7.92. The summed E-state index contributed by atoms with van der Waals surface area (Å²) in [6.45, 7) is 2.78. The van der Waals surface area contributed by atoms with Gasteiger partial charge < -0.3 is 10.2 Å². The zero-order chi connectivity index (χ0) is 23.3. The molecule has 3 aromatic rings. The van der Waals surface area contributed by atoms with Crippen molar-refractivity contribution >= 4 is 27.3 Å². The van der Waals surface area contributed by atoms with Gasteiger partial charge in [-0.25, -0.2) is 13.8 Å². The molecule has 0 unspecified atom stereocenters. The topological polar surface area (TPSA) is 119 Å². The summed E-state index contributed by atoms with van der Waals surface area (Å²) in [6.07, 6.45) is 0. The fourth-order valence-corrected chi connectivity index (χ4v) is 4.56. The minimum atomic E-state index is -4.02. The second-order valence-corrected chi connectivity index (χ2v) is 8.91. The lowest BCUT2D eigenvalue weighted by atomic mass is 10.1. The minimum absolute atomic E-state index is 0.0559. The van der Waals surface area contributed by atoms with E-state index >= 15 is 0 Å². The normalized spacial score (nSPS) is 11.8. The fourth-order valence-electron chi connectivity index (χ4n) is 3.05. The van der Waals surface area contributed by atoms with Gasteiger partial charge in [-0.05, 0) is 55.8 Å². The zero-order valence-electron chi connectivity index (χ0n) is 17.6. The maximum atomic E-state index is 13.3. The van der Waals surface area contributed by atoms with Crippen molar-refractivity contribution in [1.82, 2.24) is 5.43 Å². The van der Waals surface area contributed by atoms with Gasteiger partial charge in [-0.2, -0.15) is 5.10 Å². The molecule has 1 amide bonds. The number of benzene rings is 3. The van der Waals surface area contributed by atoms with Crippen LogP contribution in [0.15, 0.2) is 82.8 Å². The lowest BCUT2D eigenvalue weighted by molar-refractivity contribution is -0.119. The molecule has 166 valence electrons. The van der Waals surface area contributed by atoms with Crippen LogP contribution in [-0.4, -0.2) is 36.8 Å². The number of hydrogen-bond donors (Lipinski definition) is 3. The van der Waals surface area contributed by atoms with Crippen LogP contribution in [0.25, 0.3) is 0 Å². The van der Waals surface area contributed by atoms with Gasteiger partial charge in [0.15, 0.2) is 0 Å². The van der Waals surface area contributed by atoms with Crippen LogP contribution in [0.4, 0.5) is 5.69 Å². The standard InChI is InChI=1S/C23H23N3O5S/c1-16-8-6-7-11-21(16)26(32(30,31)19-9-4-3-5-10-19)15-23(29)25-24-17(2)20-14-18(27)12-13-22(20)28/h3-14,27-28H,15H2,1-2H3,(H,25,29)/b24-17-. The van der Waals surface area contributed by atoms with Crippen LogP contribution >= 0.6 is 0 Å². The Labute approximate surface area is 186 Å². The number of amides is 1. The molecule has 0 fully saturated rings. The molecule has 0 bridgehead atoms. The number of anilines is 1. The van der Waals surface area contributed by atoms with Crippen molar-refractivity contribution in [2.75, 3.05) is 10.8 Å². The Morgan fingerprint density at radius 1 is 1.00 bits per heavy atom. The number of carbonyl (C=O) groups is 1. The van der Waals surface area contributed by atoms with Crippen molar-refractivity contribution in [1.29, 1.82) is 0 Å². The smallest absolute Gasteiger partial charge is 0.264 e. The maximum Gasteiger partial charge on any atom is 0.264 e. The van der Waals surface area contributed by atoms with Crippen molar-refractivity contribution in [3.63, 3.8) is 0 Å². The molecule has 3 rings (SSSR count). The first-order valence-electron chi connectivity index (χ1n) is 9.69. The van der Waals surface area contributed by atoms with E-state index in [1.54, 1.807) is 49.4 Å². The van der Waals surface area contributed by atoms with Crippen LogP contribution in [0.3, 0.4) is 0 Å². The Bertz CT molecular complexity index is 1260. The maximum absolute atomic E-state index is 13.3. The van der Waals surface area contributed by atoms with E-state index in [2.05, 4.69) is 10.5 Å². The second kappa shape index (κ2) is 9.52. The molecule has 0 aliphatic heterocycles. The Morgan fingerprint density at radius 3 is 2.34 bits per heavy atom. The lowest BCUT2D eigenvalue weighted by Crippen LogP contribution is -2.40. The summed E-state index contributed by atoms with van der Waals surface area (Å²) in [7, 11) is -4.02. The quantitative estimate of drug-likeness (QED) is 0.288. The molecular formula is C23H23N3O5S. The molecule has 32 heavy (non-hydrogen) atoms. The number of carbonyl (C=O) groups excluding carboxylic acids is 1. The summed E-state index contributed by atoms with van der Waals surface area (Å²) in [4.78, 5) is 12.7. The van der Waals surface area contributed by atoms with Crippen molar-refractivity contribution in [2.24, 2.45) is 5.10 Å². The molecule has 9 heteroatoms. The number of sulfonamides is 1. The van der Waals surface area contributed by atoms with Gasteiger partial charge in [0, 0.05) is 5.56 Å². The molecule has 0 radical (unpaired) electrons. The van der Waals surface area contributed by atoms with Gasteiger partial charge in [-0.3, -0.25) is 9.10 Å². The Balaban J connectivity index is 1.89. The van der Waals surface area contributed by atoms with E-state index in [9.17, 15) is 23.4 Å². The number of rotatable bonds is 7. The van der Waals surface area contributed by atoms with Crippen LogP contribution in [0.2, 0.25) is 0 Å². The number of hydrazone groups is 1. The number of hydrogen-bond acceptors (Lipinski definition) is 6. The molecule has 0 heterocycles. The fraction of sp³-hybridized carbons (Fsp3) is 0.130. The van der Waals surface area contributed by atoms with E-state index in [0.29, 0.717) is 11.3 Å². The lowest BCUT2D eigenvalue weighted by Gasteiger charge is -2.25. The molecule has 0 aliphatic rings. The number of aromatic hydroxyl groups is 2. The van der Waals surface area contributed by atoms with Gasteiger partial charge >= 0.3 is 0 Å². The number of nitrogens with zero attached hydrogens (tertiary/aromatic N) is 2. The predicted molar refractivity (Wildman–Crippen MR) is 122 cm³/mol. The van der Waals surface area contributed by atoms with Gasteiger partial charge in [-0.1, -0.05) is 36.4 Å². The molecule has 3 aromatic carbocycles. The third-order valence-corrected chi connectivity index (χ3v) is 6.49. The Kier molecular flexibility index (Phi) is 6.79. The van der Waals surface area contributed by atoms with E-state index in [1.807, 2.05) is 0 Å². The monoisotopic (exact) mass is 453 g/mol. The van der Waals surface area contributed by atoms with Crippen molar-refractivity contribution in [2.45, 2.75) is 18.7 Å². The number of phenols is 2. The average Bonchev–Trinajstić information content (AvgIpc) is 2.78. The number of phenolic OH excluding ortho intramolecular Hbond substituents is 2. The van der Waals surface area contributed by atoms with E-state index in [-0.39, 0.29) is 27.7 Å². The largest absolute Gasteiger partial charge is 0.508 e. The van der Waals surface area contributed by atoms with Gasteiger partial charge in [-0.15, -0.1) is 0 Å². The molecule has 8 nitrogen and oxygen atoms in total. The molecule has 0 saturated heterocycles. The van der Waals surface area contributed by atoms with Crippen molar-refractivity contribution in [3.8, 4) is 11.5 Å². The Morgan fingerprint density at radius 2 is 1.66 bits per heavy atom. The molecule has 0 aliphatic carbocycles. The number of nitrogens with one attached hydrogen (secondary N) is 1. The van der Waals surface area contributed by atoms with E-state index in [0.717, 1.165) is 4.31 Å². The van der Waals surface area contributed by atoms with Gasteiger partial charge in [0.05, 0.1) is 16.3 Å². The summed E-state index contributed by atoms with van der Waals surface area (Å²) in [6, 6.07) is 18.6. The third kappa shape index (κ3) is 5.06. The molecule has 0 aromatic heterocycles. The summed E-state index contributed by atoms with van der Waals surface area (Å²) in [5, 5.41) is 23.5. The van der Waals surface area contributed by atoms with E-state index < -0.39 is 22.5 Å². The summed E-state index contributed by atoms with van der Waals surface area (Å²) in [5.74, 6) is -0.864. The van der Waals surface area contributed by atoms with Gasteiger partial charge in [0.1, 0.15) is 18.0 Å². The first-order chi connectivity index (χ1) is 15.2. The predicted octanol–water partition coefficient (Wildman–Crippen LogP) is 3.14. The van der Waals surface area contributed by atoms with Crippen LogP contribution in [-0.2, 0) is 14.8 Å². The van der Waals surface area contributed by atoms with Crippen LogP contribution in [0.1, 0.15) is 18.1 Å². The summed E-state index contributed by atoms with van der Waals surface area (Å²) in [5.41, 5.74) is 3.85. The molecule has 0 spiro atoms. The Hall–Kier alpha value is -3.85. The highest BCUT2D eigenvalue weighted by atomic mass is 32.2. The highest BCUT2D eigenvalue weighted by Crippen LogP contribution is 2.26. The average molecular weight is 454 g/mol. The number of aryl methyl sites for hydroxylation is 1.